The lowest BCUT2D eigenvalue weighted by molar-refractivity contribution is 0.177. The first-order valence-electron chi connectivity index (χ1n) is 10.9. The van der Waals surface area contributed by atoms with Crippen molar-refractivity contribution in [1.29, 1.82) is 0 Å². The van der Waals surface area contributed by atoms with Crippen LogP contribution in [0.4, 0.5) is 0 Å². The Labute approximate surface area is 203 Å². The monoisotopic (exact) mass is 497 g/mol. The summed E-state index contributed by atoms with van der Waals surface area (Å²) in [5, 5.41) is 0.408. The fourth-order valence-electron chi connectivity index (χ4n) is 4.17. The van der Waals surface area contributed by atoms with Crippen LogP contribution in [0.1, 0.15) is 5.82 Å². The molecule has 0 atom stereocenters. The molecule has 4 aromatic rings. The zero-order chi connectivity index (χ0) is 23.7. The molecule has 0 spiro atoms. The topological polar surface area (TPSA) is 80.6 Å². The van der Waals surface area contributed by atoms with Crippen molar-refractivity contribution >= 4 is 32.8 Å². The second kappa shape index (κ2) is 9.34. The van der Waals surface area contributed by atoms with Crippen molar-refractivity contribution in [1.82, 2.24) is 23.7 Å². The molecule has 0 aliphatic carbocycles. The molecule has 1 saturated heterocycles. The summed E-state index contributed by atoms with van der Waals surface area (Å²) in [7, 11) is -1.94. The molecule has 0 unspecified atom stereocenters. The lowest BCUT2D eigenvalue weighted by Gasteiger charge is -2.33. The molecule has 2 aromatic heterocycles. The average Bonchev–Trinajstić information content (AvgIpc) is 3.22. The molecule has 10 heteroatoms. The van der Waals surface area contributed by atoms with Crippen LogP contribution in [-0.2, 0) is 16.6 Å². The van der Waals surface area contributed by atoms with E-state index in [1.165, 1.54) is 10.4 Å². The summed E-state index contributed by atoms with van der Waals surface area (Å²) in [5.74, 6) is 1.63. The summed E-state index contributed by atoms with van der Waals surface area (Å²) >= 11 is 6.01. The number of benzene rings is 2. The van der Waals surface area contributed by atoms with Crippen molar-refractivity contribution in [3.8, 4) is 11.4 Å². The van der Waals surface area contributed by atoms with Crippen molar-refractivity contribution in [2.24, 2.45) is 0 Å². The number of halogens is 1. The van der Waals surface area contributed by atoms with Gasteiger partial charge in [0, 0.05) is 43.1 Å². The third-order valence-electron chi connectivity index (χ3n) is 5.95. The van der Waals surface area contributed by atoms with Gasteiger partial charge in [-0.3, -0.25) is 9.47 Å². The smallest absolute Gasteiger partial charge is 0.243 e. The number of aromatic nitrogens is 3. The Balaban J connectivity index is 1.36. The summed E-state index contributed by atoms with van der Waals surface area (Å²) in [6, 6.07) is 18.0. The largest absolute Gasteiger partial charge is 0.497 e. The molecule has 0 N–H and O–H groups in total. The van der Waals surface area contributed by atoms with Gasteiger partial charge >= 0.3 is 0 Å². The molecule has 5 rings (SSSR count). The van der Waals surface area contributed by atoms with E-state index in [2.05, 4.69) is 9.88 Å². The molecule has 0 saturated carbocycles. The van der Waals surface area contributed by atoms with Crippen LogP contribution in [0.5, 0.6) is 5.75 Å². The molecular formula is C24H24ClN5O3S. The quantitative estimate of drug-likeness (QED) is 0.405. The molecule has 1 fully saturated rings. The lowest BCUT2D eigenvalue weighted by atomic mass is 10.3. The standard InChI is InChI=1S/C24H24ClN5O3S/c1-33-20-9-7-19(8-10-20)30-23(27-22-6-3-11-26-24(22)30)17-28-12-14-29(15-13-28)34(31,32)21-5-2-4-18(25)16-21/h2-11,16H,12-15,17H2,1H3. The summed E-state index contributed by atoms with van der Waals surface area (Å²) in [6.07, 6.45) is 1.76. The van der Waals surface area contributed by atoms with E-state index in [0.29, 0.717) is 37.7 Å². The van der Waals surface area contributed by atoms with E-state index in [4.69, 9.17) is 21.3 Å². The van der Waals surface area contributed by atoms with E-state index in [0.717, 1.165) is 28.4 Å². The predicted molar refractivity (Wildman–Crippen MR) is 131 cm³/mol. The molecule has 3 heterocycles. The van der Waals surface area contributed by atoms with Crippen LogP contribution in [-0.4, -0.2) is 65.4 Å². The number of methoxy groups -OCH3 is 1. The number of hydrogen-bond donors (Lipinski definition) is 0. The highest BCUT2D eigenvalue weighted by Gasteiger charge is 2.29. The SMILES string of the molecule is COc1ccc(-n2c(CN3CCN(S(=O)(=O)c4cccc(Cl)c4)CC3)nc3cccnc32)cc1. The van der Waals surface area contributed by atoms with Gasteiger partial charge in [0.2, 0.25) is 10.0 Å². The van der Waals surface area contributed by atoms with Crippen LogP contribution in [0.25, 0.3) is 16.9 Å². The van der Waals surface area contributed by atoms with Crippen LogP contribution in [0, 0.1) is 0 Å². The Morgan fingerprint density at radius 2 is 1.76 bits per heavy atom. The normalized spacial score (nSPS) is 15.6. The van der Waals surface area contributed by atoms with Crippen molar-refractivity contribution in [3.05, 3.63) is 77.7 Å². The van der Waals surface area contributed by atoms with Gasteiger partial charge in [-0.2, -0.15) is 4.31 Å². The van der Waals surface area contributed by atoms with Gasteiger partial charge in [-0.15, -0.1) is 0 Å². The minimum Gasteiger partial charge on any atom is -0.497 e. The molecule has 0 amide bonds. The van der Waals surface area contributed by atoms with Gasteiger partial charge in [0.25, 0.3) is 0 Å². The van der Waals surface area contributed by atoms with Crippen molar-refractivity contribution < 1.29 is 13.2 Å². The fourth-order valence-corrected chi connectivity index (χ4v) is 5.90. The van der Waals surface area contributed by atoms with Crippen molar-refractivity contribution in [2.45, 2.75) is 11.4 Å². The maximum absolute atomic E-state index is 13.0. The Morgan fingerprint density at radius 3 is 2.47 bits per heavy atom. The zero-order valence-corrected chi connectivity index (χ0v) is 20.2. The number of pyridine rings is 1. The number of fused-ring (bicyclic) bond motifs is 1. The fraction of sp³-hybridized carbons (Fsp3) is 0.250. The molecule has 8 nitrogen and oxygen atoms in total. The first-order valence-corrected chi connectivity index (χ1v) is 12.7. The number of ether oxygens (including phenoxy) is 1. The molecule has 34 heavy (non-hydrogen) atoms. The number of nitrogens with zero attached hydrogens (tertiary/aromatic N) is 5. The molecule has 176 valence electrons. The second-order valence-electron chi connectivity index (χ2n) is 8.05. The van der Waals surface area contributed by atoms with Gasteiger partial charge in [-0.1, -0.05) is 17.7 Å². The molecule has 2 aromatic carbocycles. The predicted octanol–water partition coefficient (Wildman–Crippen LogP) is 3.59. The van der Waals surface area contributed by atoms with E-state index in [1.54, 1.807) is 31.5 Å². The number of imidazole rings is 1. The summed E-state index contributed by atoms with van der Waals surface area (Å²) in [5.41, 5.74) is 2.54. The highest BCUT2D eigenvalue weighted by molar-refractivity contribution is 7.89. The summed E-state index contributed by atoms with van der Waals surface area (Å²) in [4.78, 5) is 11.8. The number of sulfonamides is 1. The Hall–Kier alpha value is -2.98. The van der Waals surface area contributed by atoms with E-state index in [-0.39, 0.29) is 4.90 Å². The summed E-state index contributed by atoms with van der Waals surface area (Å²) in [6.45, 7) is 2.57. The summed E-state index contributed by atoms with van der Waals surface area (Å²) < 4.78 is 34.9. The van der Waals surface area contributed by atoms with E-state index in [1.807, 2.05) is 41.0 Å². The van der Waals surface area contributed by atoms with Crippen LogP contribution in [0.3, 0.4) is 0 Å². The number of rotatable bonds is 6. The van der Waals surface area contributed by atoms with Gasteiger partial charge in [0.15, 0.2) is 5.65 Å². The van der Waals surface area contributed by atoms with Gasteiger partial charge in [0.05, 0.1) is 18.6 Å². The molecule has 0 bridgehead atoms. The minimum atomic E-state index is -3.58. The van der Waals surface area contributed by atoms with Crippen molar-refractivity contribution in [3.63, 3.8) is 0 Å². The highest BCUT2D eigenvalue weighted by atomic mass is 35.5. The van der Waals surface area contributed by atoms with Crippen LogP contribution in [0.2, 0.25) is 5.02 Å². The van der Waals surface area contributed by atoms with E-state index in [9.17, 15) is 8.42 Å². The second-order valence-corrected chi connectivity index (χ2v) is 10.4. The maximum atomic E-state index is 13.0. The van der Waals surface area contributed by atoms with Gasteiger partial charge in [-0.05, 0) is 54.6 Å². The maximum Gasteiger partial charge on any atom is 0.243 e. The van der Waals surface area contributed by atoms with Crippen LogP contribution in [0.15, 0.2) is 71.8 Å². The third-order valence-corrected chi connectivity index (χ3v) is 8.08. The lowest BCUT2D eigenvalue weighted by Crippen LogP contribution is -2.48. The number of hydrogen-bond acceptors (Lipinski definition) is 6. The minimum absolute atomic E-state index is 0.223. The molecular weight excluding hydrogens is 474 g/mol. The van der Waals surface area contributed by atoms with E-state index >= 15 is 0 Å². The van der Waals surface area contributed by atoms with Gasteiger partial charge in [0.1, 0.15) is 17.1 Å². The third kappa shape index (κ3) is 4.39. The Kier molecular flexibility index (Phi) is 6.26. The van der Waals surface area contributed by atoms with Crippen LogP contribution < -0.4 is 4.74 Å². The van der Waals surface area contributed by atoms with Gasteiger partial charge < -0.3 is 4.74 Å². The average molecular weight is 498 g/mol. The molecule has 1 aliphatic rings. The zero-order valence-electron chi connectivity index (χ0n) is 18.6. The highest BCUT2D eigenvalue weighted by Crippen LogP contribution is 2.25. The molecule has 1 aliphatic heterocycles. The molecule has 0 radical (unpaired) electrons. The first kappa shape index (κ1) is 22.8. The Morgan fingerprint density at radius 1 is 1.00 bits per heavy atom. The van der Waals surface area contributed by atoms with E-state index < -0.39 is 10.0 Å². The Bertz CT molecular complexity index is 1410. The number of piperazine rings is 1. The van der Waals surface area contributed by atoms with Crippen LogP contribution >= 0.6 is 11.6 Å². The first-order chi connectivity index (χ1) is 16.5. The van der Waals surface area contributed by atoms with Crippen molar-refractivity contribution in [2.75, 3.05) is 33.3 Å². The van der Waals surface area contributed by atoms with Gasteiger partial charge in [-0.25, -0.2) is 18.4 Å².